The molecule has 1 heterocycles. The Hall–Kier alpha value is -1.06. The van der Waals surface area contributed by atoms with Gasteiger partial charge in [0.15, 0.2) is 0 Å². The number of nitrogens with one attached hydrogen (secondary N) is 1. The van der Waals surface area contributed by atoms with Crippen LogP contribution in [0.2, 0.25) is 0 Å². The summed E-state index contributed by atoms with van der Waals surface area (Å²) in [4.78, 5) is 25.5. The molecule has 0 radical (unpaired) electrons. The fourth-order valence-corrected chi connectivity index (χ4v) is 2.92. The maximum absolute atomic E-state index is 12.3. The Balaban J connectivity index is 2.23. The number of carbonyl (C=O) groups excluding carboxylic acids is 2. The fraction of sp³-hybridized carbons (Fsp3) is 0.833. The number of imide groups is 1. The Bertz CT molecular complexity index is 316. The quantitative estimate of drug-likeness (QED) is 0.728. The molecule has 0 bridgehead atoms. The summed E-state index contributed by atoms with van der Waals surface area (Å²) in [7, 11) is 0. The molecule has 2 atom stereocenters. The third kappa shape index (κ3) is 1.51. The van der Waals surface area contributed by atoms with E-state index in [9.17, 15) is 9.59 Å². The summed E-state index contributed by atoms with van der Waals surface area (Å²) in [6, 6.07) is -0.194. The highest BCUT2D eigenvalue weighted by atomic mass is 16.2. The summed E-state index contributed by atoms with van der Waals surface area (Å²) in [5.41, 5.74) is -0.579. The smallest absolute Gasteiger partial charge is 0.323 e. The molecule has 90 valence electrons. The van der Waals surface area contributed by atoms with Gasteiger partial charge in [-0.1, -0.05) is 26.7 Å². The van der Waals surface area contributed by atoms with Gasteiger partial charge in [-0.15, -0.1) is 0 Å². The van der Waals surface area contributed by atoms with Gasteiger partial charge in [-0.2, -0.15) is 0 Å². The molecule has 16 heavy (non-hydrogen) atoms. The van der Waals surface area contributed by atoms with Gasteiger partial charge in [-0.05, 0) is 25.2 Å². The van der Waals surface area contributed by atoms with Gasteiger partial charge in [-0.3, -0.25) is 9.69 Å². The van der Waals surface area contributed by atoms with Gasteiger partial charge in [0.2, 0.25) is 0 Å². The highest BCUT2D eigenvalue weighted by Gasteiger charge is 2.54. The van der Waals surface area contributed by atoms with E-state index in [1.54, 1.807) is 0 Å². The molecule has 0 aromatic heterocycles. The van der Waals surface area contributed by atoms with E-state index in [0.717, 1.165) is 25.7 Å². The van der Waals surface area contributed by atoms with E-state index in [1.165, 1.54) is 11.3 Å². The first-order chi connectivity index (χ1) is 7.62. The van der Waals surface area contributed by atoms with Crippen molar-refractivity contribution in [3.05, 3.63) is 0 Å². The summed E-state index contributed by atoms with van der Waals surface area (Å²) >= 11 is 0. The second-order valence-corrected chi connectivity index (χ2v) is 5.01. The molecule has 2 aliphatic rings. The Labute approximate surface area is 96.4 Å². The summed E-state index contributed by atoms with van der Waals surface area (Å²) in [5.74, 6) is 0.270. The Morgan fingerprint density at radius 1 is 1.44 bits per heavy atom. The van der Waals surface area contributed by atoms with Gasteiger partial charge < -0.3 is 5.32 Å². The average Bonchev–Trinajstić information content (AvgIpc) is 2.49. The largest absolute Gasteiger partial charge is 0.325 e. The minimum atomic E-state index is -0.579. The predicted octanol–water partition coefficient (Wildman–Crippen LogP) is 1.90. The monoisotopic (exact) mass is 224 g/mol. The first kappa shape index (κ1) is 11.4. The molecule has 2 rings (SSSR count). The van der Waals surface area contributed by atoms with E-state index in [2.05, 4.69) is 12.2 Å². The van der Waals surface area contributed by atoms with Crippen molar-refractivity contribution in [1.29, 1.82) is 0 Å². The zero-order valence-electron chi connectivity index (χ0n) is 10.1. The van der Waals surface area contributed by atoms with E-state index in [1.807, 2.05) is 6.92 Å². The van der Waals surface area contributed by atoms with Crippen molar-refractivity contribution in [1.82, 2.24) is 10.2 Å². The van der Waals surface area contributed by atoms with E-state index in [0.29, 0.717) is 6.54 Å². The Kier molecular flexibility index (Phi) is 2.91. The van der Waals surface area contributed by atoms with Crippen LogP contribution in [0, 0.1) is 5.92 Å². The lowest BCUT2D eigenvalue weighted by molar-refractivity contribution is -0.134. The third-order valence-electron chi connectivity index (χ3n) is 3.95. The normalized spacial score (nSPS) is 34.6. The lowest BCUT2D eigenvalue weighted by Crippen LogP contribution is -2.53. The van der Waals surface area contributed by atoms with E-state index in [4.69, 9.17) is 0 Å². The molecule has 1 aliphatic heterocycles. The van der Waals surface area contributed by atoms with Crippen LogP contribution in [-0.2, 0) is 4.79 Å². The number of urea groups is 1. The minimum absolute atomic E-state index is 0.00606. The molecule has 4 heteroatoms. The molecule has 2 fully saturated rings. The van der Waals surface area contributed by atoms with Crippen molar-refractivity contribution in [2.45, 2.75) is 51.5 Å². The van der Waals surface area contributed by atoms with Crippen molar-refractivity contribution in [2.24, 2.45) is 5.92 Å². The van der Waals surface area contributed by atoms with Crippen LogP contribution in [0.1, 0.15) is 46.0 Å². The molecule has 0 aromatic rings. The Morgan fingerprint density at radius 2 is 2.19 bits per heavy atom. The van der Waals surface area contributed by atoms with Gasteiger partial charge in [0.25, 0.3) is 5.91 Å². The molecule has 1 saturated carbocycles. The first-order valence-corrected chi connectivity index (χ1v) is 6.26. The van der Waals surface area contributed by atoms with Crippen LogP contribution < -0.4 is 5.32 Å². The number of carbonyl (C=O) groups is 2. The molecule has 4 nitrogen and oxygen atoms in total. The number of rotatable bonds is 2. The summed E-state index contributed by atoms with van der Waals surface area (Å²) in [5, 5.41) is 2.94. The number of hydrogen-bond donors (Lipinski definition) is 1. The van der Waals surface area contributed by atoms with Gasteiger partial charge in [0.05, 0.1) is 0 Å². The number of nitrogens with zero attached hydrogens (tertiary/aromatic N) is 1. The van der Waals surface area contributed by atoms with Crippen LogP contribution in [0.15, 0.2) is 0 Å². The zero-order valence-corrected chi connectivity index (χ0v) is 10.1. The summed E-state index contributed by atoms with van der Waals surface area (Å²) in [6.45, 7) is 4.60. The van der Waals surface area contributed by atoms with Gasteiger partial charge in [-0.25, -0.2) is 4.79 Å². The summed E-state index contributed by atoms with van der Waals surface area (Å²) in [6.07, 6.45) is 4.87. The molecule has 1 aliphatic carbocycles. The number of amides is 3. The fourth-order valence-electron chi connectivity index (χ4n) is 2.92. The molecular weight excluding hydrogens is 204 g/mol. The van der Waals surface area contributed by atoms with Crippen molar-refractivity contribution >= 4 is 11.9 Å². The van der Waals surface area contributed by atoms with Gasteiger partial charge in [0, 0.05) is 6.54 Å². The average molecular weight is 224 g/mol. The van der Waals surface area contributed by atoms with Crippen LogP contribution in [0.3, 0.4) is 0 Å². The van der Waals surface area contributed by atoms with Crippen molar-refractivity contribution in [2.75, 3.05) is 6.54 Å². The second kappa shape index (κ2) is 4.07. The van der Waals surface area contributed by atoms with E-state index < -0.39 is 5.54 Å². The lowest BCUT2D eigenvalue weighted by Gasteiger charge is -2.36. The van der Waals surface area contributed by atoms with E-state index in [-0.39, 0.29) is 17.9 Å². The van der Waals surface area contributed by atoms with E-state index >= 15 is 0 Å². The second-order valence-electron chi connectivity index (χ2n) is 5.01. The van der Waals surface area contributed by atoms with Gasteiger partial charge >= 0.3 is 6.03 Å². The van der Waals surface area contributed by atoms with Crippen LogP contribution in [0.25, 0.3) is 0 Å². The molecule has 1 spiro atoms. The zero-order chi connectivity index (χ0) is 11.8. The van der Waals surface area contributed by atoms with Crippen LogP contribution in [0.5, 0.6) is 0 Å². The third-order valence-corrected chi connectivity index (χ3v) is 3.95. The molecular formula is C12H20N2O2. The lowest BCUT2D eigenvalue weighted by atomic mass is 9.73. The van der Waals surface area contributed by atoms with Crippen molar-refractivity contribution in [3.8, 4) is 0 Å². The van der Waals surface area contributed by atoms with Crippen LogP contribution >= 0.6 is 0 Å². The minimum Gasteiger partial charge on any atom is -0.323 e. The first-order valence-electron chi connectivity index (χ1n) is 6.26. The molecule has 3 amide bonds. The topological polar surface area (TPSA) is 49.4 Å². The molecule has 1 N–H and O–H groups in total. The van der Waals surface area contributed by atoms with Crippen LogP contribution in [0.4, 0.5) is 4.79 Å². The molecule has 0 aromatic carbocycles. The maximum atomic E-state index is 12.3. The van der Waals surface area contributed by atoms with Gasteiger partial charge in [0.1, 0.15) is 5.54 Å². The predicted molar refractivity (Wildman–Crippen MR) is 60.9 cm³/mol. The van der Waals surface area contributed by atoms with Crippen molar-refractivity contribution < 1.29 is 9.59 Å². The van der Waals surface area contributed by atoms with Crippen molar-refractivity contribution in [3.63, 3.8) is 0 Å². The molecule has 0 unspecified atom stereocenters. The highest BCUT2D eigenvalue weighted by molar-refractivity contribution is 6.07. The summed E-state index contributed by atoms with van der Waals surface area (Å²) < 4.78 is 0. The molecule has 1 saturated heterocycles. The number of hydrogen-bond acceptors (Lipinski definition) is 2. The standard InChI is InChI=1S/C12H20N2O2/c1-3-8-14-10(15)12(13-11(14)16)7-5-4-6-9(12)2/h9H,3-8H2,1-2H3,(H,13,16)/t9-,12-/m1/s1. The SMILES string of the molecule is CCCN1C(=O)N[C@@]2(CCCC[C@H]2C)C1=O. The highest BCUT2D eigenvalue weighted by Crippen LogP contribution is 2.38. The maximum Gasteiger partial charge on any atom is 0.325 e. The van der Waals surface area contributed by atoms with Crippen LogP contribution in [-0.4, -0.2) is 28.9 Å². The Morgan fingerprint density at radius 3 is 2.81 bits per heavy atom.